The zero-order valence-corrected chi connectivity index (χ0v) is 18.8. The van der Waals surface area contributed by atoms with E-state index < -0.39 is 0 Å². The fourth-order valence-electron chi connectivity index (χ4n) is 4.72. The number of nitrogens with zero attached hydrogens (tertiary/aromatic N) is 4. The minimum Gasteiger partial charge on any atom is -0.370 e. The van der Waals surface area contributed by atoms with Gasteiger partial charge in [0.1, 0.15) is 6.07 Å². The number of aryl methyl sites for hydroxylation is 2. The second kappa shape index (κ2) is 9.27. The smallest absolute Gasteiger partial charge is 0.245 e. The summed E-state index contributed by atoms with van der Waals surface area (Å²) in [4.78, 5) is 16.3. The molecule has 1 aliphatic heterocycles. The molecule has 1 aliphatic rings. The lowest BCUT2D eigenvalue weighted by Gasteiger charge is -2.27. The summed E-state index contributed by atoms with van der Waals surface area (Å²) in [6.07, 6.45) is 5.99. The second-order valence-corrected chi connectivity index (χ2v) is 8.43. The Hall–Kier alpha value is -3.59. The summed E-state index contributed by atoms with van der Waals surface area (Å²) in [6, 6.07) is 10.8. The van der Waals surface area contributed by atoms with Crippen LogP contribution in [0.2, 0.25) is 0 Å². The summed E-state index contributed by atoms with van der Waals surface area (Å²) < 4.78 is 0. The number of H-pyrrole nitrogens is 1. The number of amides is 1. The normalized spacial score (nSPS) is 15.0. The molecule has 0 unspecified atom stereocenters. The first-order valence-electron chi connectivity index (χ1n) is 11.2. The molecule has 4 rings (SSSR count). The first kappa shape index (κ1) is 21.6. The Labute approximate surface area is 189 Å². The molecule has 32 heavy (non-hydrogen) atoms. The summed E-state index contributed by atoms with van der Waals surface area (Å²) in [5.41, 5.74) is 6.90. The van der Waals surface area contributed by atoms with E-state index in [1.807, 2.05) is 17.2 Å². The number of fused-ring (bicyclic) bond motifs is 1. The molecule has 2 aromatic carbocycles. The van der Waals surface area contributed by atoms with E-state index in [0.717, 1.165) is 77.7 Å². The molecule has 1 fully saturated rings. The van der Waals surface area contributed by atoms with Gasteiger partial charge in [0.15, 0.2) is 0 Å². The highest BCUT2D eigenvalue weighted by Gasteiger charge is 2.22. The molecule has 0 saturated carbocycles. The molecule has 0 bridgehead atoms. The average Bonchev–Trinajstić information content (AvgIpc) is 3.31. The van der Waals surface area contributed by atoms with Crippen LogP contribution in [0.15, 0.2) is 43.1 Å². The van der Waals surface area contributed by atoms with Crippen LogP contribution in [-0.2, 0) is 4.79 Å². The van der Waals surface area contributed by atoms with Crippen LogP contribution in [0.1, 0.15) is 36.0 Å². The minimum absolute atomic E-state index is 0.00234. The van der Waals surface area contributed by atoms with Crippen LogP contribution in [-0.4, -0.2) is 47.2 Å². The largest absolute Gasteiger partial charge is 0.370 e. The number of rotatable bonds is 3. The predicted octanol–water partition coefficient (Wildman–Crippen LogP) is 4.72. The zero-order valence-electron chi connectivity index (χ0n) is 18.8. The Morgan fingerprint density at radius 3 is 2.53 bits per heavy atom. The van der Waals surface area contributed by atoms with Crippen LogP contribution in [0.25, 0.3) is 22.0 Å². The molecule has 164 valence electrons. The molecule has 6 heteroatoms. The SMILES string of the molecule is C=CC(=O)N1CCCCN(c2ccc(C)c(-c3c(C)ccc4[nH]ncc34)c2C#N)CCC1. The number of nitriles is 1. The molecule has 1 N–H and O–H groups in total. The lowest BCUT2D eigenvalue weighted by Crippen LogP contribution is -2.32. The average molecular weight is 428 g/mol. The van der Waals surface area contributed by atoms with Crippen LogP contribution in [0.5, 0.6) is 0 Å². The number of hydrogen-bond donors (Lipinski definition) is 1. The molecule has 0 spiro atoms. The molecule has 1 aromatic heterocycles. The van der Waals surface area contributed by atoms with E-state index in [4.69, 9.17) is 0 Å². The van der Waals surface area contributed by atoms with Crippen molar-refractivity contribution >= 4 is 22.5 Å². The van der Waals surface area contributed by atoms with Crippen molar-refractivity contribution < 1.29 is 4.79 Å². The highest BCUT2D eigenvalue weighted by atomic mass is 16.2. The topological polar surface area (TPSA) is 76.0 Å². The third-order valence-corrected chi connectivity index (χ3v) is 6.38. The van der Waals surface area contributed by atoms with Crippen molar-refractivity contribution in [2.75, 3.05) is 31.1 Å². The number of aromatic amines is 1. The Bertz CT molecular complexity index is 1200. The molecule has 2 heterocycles. The molecule has 0 radical (unpaired) electrons. The third-order valence-electron chi connectivity index (χ3n) is 6.38. The number of nitrogens with one attached hydrogen (secondary N) is 1. The number of aromatic nitrogens is 2. The van der Waals surface area contributed by atoms with E-state index in [9.17, 15) is 10.1 Å². The first-order valence-corrected chi connectivity index (χ1v) is 11.2. The van der Waals surface area contributed by atoms with Crippen molar-refractivity contribution in [1.29, 1.82) is 5.26 Å². The van der Waals surface area contributed by atoms with Gasteiger partial charge in [-0.15, -0.1) is 0 Å². The van der Waals surface area contributed by atoms with Crippen molar-refractivity contribution in [1.82, 2.24) is 15.1 Å². The van der Waals surface area contributed by atoms with Crippen molar-refractivity contribution in [3.05, 3.63) is 59.8 Å². The van der Waals surface area contributed by atoms with Gasteiger partial charge in [-0.1, -0.05) is 18.7 Å². The maximum Gasteiger partial charge on any atom is 0.245 e. The van der Waals surface area contributed by atoms with Crippen molar-refractivity contribution in [3.63, 3.8) is 0 Å². The van der Waals surface area contributed by atoms with Crippen LogP contribution >= 0.6 is 0 Å². The second-order valence-electron chi connectivity index (χ2n) is 8.43. The predicted molar refractivity (Wildman–Crippen MR) is 129 cm³/mol. The van der Waals surface area contributed by atoms with Crippen LogP contribution in [0.3, 0.4) is 0 Å². The quantitative estimate of drug-likeness (QED) is 0.614. The van der Waals surface area contributed by atoms with Crippen molar-refractivity contribution in [2.24, 2.45) is 0 Å². The molecular formula is C26H29N5O. The van der Waals surface area contributed by atoms with E-state index in [1.54, 1.807) is 0 Å². The Balaban J connectivity index is 1.76. The Kier molecular flexibility index (Phi) is 6.27. The maximum atomic E-state index is 12.1. The Morgan fingerprint density at radius 1 is 1.06 bits per heavy atom. The van der Waals surface area contributed by atoms with Gasteiger partial charge in [0.25, 0.3) is 0 Å². The van der Waals surface area contributed by atoms with E-state index in [0.29, 0.717) is 12.1 Å². The minimum atomic E-state index is -0.00234. The fraction of sp³-hybridized carbons (Fsp3) is 0.346. The van der Waals surface area contributed by atoms with E-state index in [2.05, 4.69) is 59.8 Å². The maximum absolute atomic E-state index is 12.1. The number of anilines is 1. The molecule has 0 aliphatic carbocycles. The van der Waals surface area contributed by atoms with Gasteiger partial charge in [0.2, 0.25) is 5.91 Å². The van der Waals surface area contributed by atoms with Gasteiger partial charge in [-0.05, 0) is 68.0 Å². The number of carbonyl (C=O) groups is 1. The van der Waals surface area contributed by atoms with Crippen molar-refractivity contribution in [2.45, 2.75) is 33.1 Å². The monoisotopic (exact) mass is 427 g/mol. The van der Waals surface area contributed by atoms with Gasteiger partial charge in [-0.25, -0.2) is 0 Å². The van der Waals surface area contributed by atoms with E-state index >= 15 is 0 Å². The van der Waals surface area contributed by atoms with E-state index in [1.165, 1.54) is 6.08 Å². The molecule has 0 atom stereocenters. The van der Waals surface area contributed by atoms with Crippen LogP contribution in [0.4, 0.5) is 5.69 Å². The summed E-state index contributed by atoms with van der Waals surface area (Å²) in [6.45, 7) is 10.9. The lowest BCUT2D eigenvalue weighted by molar-refractivity contribution is -0.126. The Morgan fingerprint density at radius 2 is 1.75 bits per heavy atom. The first-order chi connectivity index (χ1) is 15.5. The third kappa shape index (κ3) is 3.99. The van der Waals surface area contributed by atoms with Gasteiger partial charge in [-0.3, -0.25) is 9.89 Å². The summed E-state index contributed by atoms with van der Waals surface area (Å²) >= 11 is 0. The standard InChI is InChI=1S/C26H29N5O/c1-4-24(32)31-13-6-5-12-30(14-7-15-31)23-11-9-19(3)25(20(23)16-27)26-18(2)8-10-22-21(26)17-28-29-22/h4,8-11,17H,1,5-7,12-15H2,2-3H3,(H,28,29). The van der Waals surface area contributed by atoms with Crippen LogP contribution < -0.4 is 4.90 Å². The highest BCUT2D eigenvalue weighted by molar-refractivity contribution is 5.99. The van der Waals surface area contributed by atoms with Gasteiger partial charge >= 0.3 is 0 Å². The van der Waals surface area contributed by atoms with Gasteiger partial charge in [0, 0.05) is 37.1 Å². The summed E-state index contributed by atoms with van der Waals surface area (Å²) in [7, 11) is 0. The summed E-state index contributed by atoms with van der Waals surface area (Å²) in [5.74, 6) is -0.00234. The number of hydrogen-bond acceptors (Lipinski definition) is 4. The van der Waals surface area contributed by atoms with Gasteiger partial charge < -0.3 is 9.80 Å². The fourth-order valence-corrected chi connectivity index (χ4v) is 4.72. The molecule has 3 aromatic rings. The number of carbonyl (C=O) groups excluding carboxylic acids is 1. The van der Waals surface area contributed by atoms with Crippen molar-refractivity contribution in [3.8, 4) is 17.2 Å². The van der Waals surface area contributed by atoms with Gasteiger partial charge in [-0.2, -0.15) is 10.4 Å². The molecule has 6 nitrogen and oxygen atoms in total. The number of benzene rings is 2. The van der Waals surface area contributed by atoms with E-state index in [-0.39, 0.29) is 5.91 Å². The molecule has 1 saturated heterocycles. The van der Waals surface area contributed by atoms with Crippen LogP contribution in [0, 0.1) is 25.2 Å². The molecule has 1 amide bonds. The summed E-state index contributed by atoms with van der Waals surface area (Å²) in [5, 5.41) is 18.6. The highest BCUT2D eigenvalue weighted by Crippen LogP contribution is 2.39. The molecular weight excluding hydrogens is 398 g/mol. The lowest BCUT2D eigenvalue weighted by atomic mass is 9.89. The van der Waals surface area contributed by atoms with Gasteiger partial charge in [0.05, 0.1) is 23.0 Å². The zero-order chi connectivity index (χ0) is 22.7.